The zero-order valence-corrected chi connectivity index (χ0v) is 11.2. The van der Waals surface area contributed by atoms with Crippen LogP contribution in [-0.4, -0.2) is 16.1 Å². The first-order valence-electron chi connectivity index (χ1n) is 6.03. The SMILES string of the molecule is CC1(C)CCC(NC(=S)Nc2cccnc2)C1. The zero-order valence-electron chi connectivity index (χ0n) is 10.4. The van der Waals surface area contributed by atoms with E-state index >= 15 is 0 Å². The molecule has 1 aromatic heterocycles. The van der Waals surface area contributed by atoms with Crippen molar-refractivity contribution in [3.63, 3.8) is 0 Å². The van der Waals surface area contributed by atoms with Crippen LogP contribution in [0.3, 0.4) is 0 Å². The van der Waals surface area contributed by atoms with E-state index in [1.54, 1.807) is 12.4 Å². The number of nitrogens with zero attached hydrogens (tertiary/aromatic N) is 1. The van der Waals surface area contributed by atoms with E-state index in [1.165, 1.54) is 19.3 Å². The highest BCUT2D eigenvalue weighted by Gasteiger charge is 2.30. The van der Waals surface area contributed by atoms with Gasteiger partial charge in [0.25, 0.3) is 0 Å². The summed E-state index contributed by atoms with van der Waals surface area (Å²) in [4.78, 5) is 4.04. The van der Waals surface area contributed by atoms with E-state index in [0.29, 0.717) is 16.6 Å². The lowest BCUT2D eigenvalue weighted by atomic mass is 9.92. The lowest BCUT2D eigenvalue weighted by Gasteiger charge is -2.19. The predicted molar refractivity (Wildman–Crippen MR) is 75.0 cm³/mol. The van der Waals surface area contributed by atoms with Crippen molar-refractivity contribution in [2.45, 2.75) is 39.2 Å². The van der Waals surface area contributed by atoms with Gasteiger partial charge in [-0.15, -0.1) is 0 Å². The van der Waals surface area contributed by atoms with E-state index in [1.807, 2.05) is 12.1 Å². The molecule has 0 amide bonds. The highest BCUT2D eigenvalue weighted by Crippen LogP contribution is 2.36. The predicted octanol–water partition coefficient (Wildman–Crippen LogP) is 2.95. The number of rotatable bonds is 2. The number of thiocarbonyl (C=S) groups is 1. The molecule has 92 valence electrons. The molecule has 17 heavy (non-hydrogen) atoms. The van der Waals surface area contributed by atoms with Crippen molar-refractivity contribution in [1.82, 2.24) is 10.3 Å². The molecule has 0 saturated heterocycles. The maximum absolute atomic E-state index is 5.30. The van der Waals surface area contributed by atoms with Crippen LogP contribution in [-0.2, 0) is 0 Å². The third-order valence-electron chi connectivity index (χ3n) is 3.22. The average molecular weight is 249 g/mol. The van der Waals surface area contributed by atoms with Crippen LogP contribution in [0.15, 0.2) is 24.5 Å². The lowest BCUT2D eigenvalue weighted by molar-refractivity contribution is 0.372. The molecule has 1 aromatic rings. The van der Waals surface area contributed by atoms with E-state index in [9.17, 15) is 0 Å². The number of hydrogen-bond acceptors (Lipinski definition) is 2. The molecule has 0 aliphatic heterocycles. The minimum absolute atomic E-state index is 0.446. The van der Waals surface area contributed by atoms with Crippen molar-refractivity contribution in [3.05, 3.63) is 24.5 Å². The van der Waals surface area contributed by atoms with Crippen LogP contribution in [0, 0.1) is 5.41 Å². The molecule has 0 radical (unpaired) electrons. The van der Waals surface area contributed by atoms with Crippen LogP contribution in [0.2, 0.25) is 0 Å². The van der Waals surface area contributed by atoms with Crippen LogP contribution >= 0.6 is 12.2 Å². The molecule has 1 atom stereocenters. The number of anilines is 1. The van der Waals surface area contributed by atoms with E-state index in [4.69, 9.17) is 12.2 Å². The van der Waals surface area contributed by atoms with Crippen molar-refractivity contribution in [2.75, 3.05) is 5.32 Å². The Hall–Kier alpha value is -1.16. The van der Waals surface area contributed by atoms with Crippen LogP contribution in [0.1, 0.15) is 33.1 Å². The number of pyridine rings is 1. The minimum atomic E-state index is 0.446. The number of hydrogen-bond donors (Lipinski definition) is 2. The van der Waals surface area contributed by atoms with E-state index < -0.39 is 0 Å². The van der Waals surface area contributed by atoms with Gasteiger partial charge in [0, 0.05) is 12.2 Å². The molecule has 1 aliphatic rings. The second-order valence-corrected chi connectivity index (χ2v) is 5.85. The quantitative estimate of drug-likeness (QED) is 0.790. The maximum Gasteiger partial charge on any atom is 0.171 e. The summed E-state index contributed by atoms with van der Waals surface area (Å²) in [6, 6.07) is 4.35. The summed E-state index contributed by atoms with van der Waals surface area (Å²) in [6.07, 6.45) is 7.16. The molecule has 3 nitrogen and oxygen atoms in total. The molecule has 4 heteroatoms. The number of aromatic nitrogens is 1. The van der Waals surface area contributed by atoms with Gasteiger partial charge in [-0.25, -0.2) is 0 Å². The maximum atomic E-state index is 5.30. The molecule has 1 fully saturated rings. The smallest absolute Gasteiger partial charge is 0.171 e. The van der Waals surface area contributed by atoms with E-state index in [2.05, 4.69) is 29.5 Å². The Balaban J connectivity index is 1.83. The first-order valence-corrected chi connectivity index (χ1v) is 6.44. The van der Waals surface area contributed by atoms with Crippen LogP contribution < -0.4 is 10.6 Å². The first-order chi connectivity index (χ1) is 8.05. The molecule has 0 aromatic carbocycles. The topological polar surface area (TPSA) is 37.0 Å². The van der Waals surface area contributed by atoms with Gasteiger partial charge in [-0.1, -0.05) is 13.8 Å². The fourth-order valence-electron chi connectivity index (χ4n) is 2.35. The van der Waals surface area contributed by atoms with Crippen molar-refractivity contribution >= 4 is 23.0 Å². The summed E-state index contributed by atoms with van der Waals surface area (Å²) < 4.78 is 0. The summed E-state index contributed by atoms with van der Waals surface area (Å²) in [5, 5.41) is 7.22. The Kier molecular flexibility index (Phi) is 3.62. The van der Waals surface area contributed by atoms with Gasteiger partial charge in [-0.3, -0.25) is 4.98 Å². The van der Waals surface area contributed by atoms with Gasteiger partial charge >= 0.3 is 0 Å². The molecule has 2 N–H and O–H groups in total. The summed E-state index contributed by atoms with van der Waals surface area (Å²) in [5.41, 5.74) is 1.38. The van der Waals surface area contributed by atoms with Crippen LogP contribution in [0.4, 0.5) is 5.69 Å². The molecule has 1 unspecified atom stereocenters. The van der Waals surface area contributed by atoms with Crippen LogP contribution in [0.25, 0.3) is 0 Å². The number of nitrogens with one attached hydrogen (secondary N) is 2. The van der Waals surface area contributed by atoms with Crippen molar-refractivity contribution < 1.29 is 0 Å². The van der Waals surface area contributed by atoms with E-state index in [-0.39, 0.29) is 0 Å². The lowest BCUT2D eigenvalue weighted by Crippen LogP contribution is -2.36. The van der Waals surface area contributed by atoms with Gasteiger partial charge in [0.15, 0.2) is 5.11 Å². The van der Waals surface area contributed by atoms with Crippen molar-refractivity contribution in [1.29, 1.82) is 0 Å². The second kappa shape index (κ2) is 5.00. The Morgan fingerprint density at radius 2 is 2.35 bits per heavy atom. The van der Waals surface area contributed by atoms with Crippen molar-refractivity contribution in [3.8, 4) is 0 Å². The summed E-state index contributed by atoms with van der Waals surface area (Å²) in [6.45, 7) is 4.62. The first kappa shape index (κ1) is 12.3. The molecular formula is C13H19N3S. The van der Waals surface area contributed by atoms with Gasteiger partial charge in [0.05, 0.1) is 11.9 Å². The highest BCUT2D eigenvalue weighted by atomic mass is 32.1. The standard InChI is InChI=1S/C13H19N3S/c1-13(2)6-5-10(8-13)15-12(17)16-11-4-3-7-14-9-11/h3-4,7,9-10H,5-6,8H2,1-2H3,(H2,15,16,17). The molecule has 1 aliphatic carbocycles. The molecule has 1 saturated carbocycles. The van der Waals surface area contributed by atoms with Gasteiger partial charge in [-0.05, 0) is 49.0 Å². The van der Waals surface area contributed by atoms with Crippen molar-refractivity contribution in [2.24, 2.45) is 5.41 Å². The fraction of sp³-hybridized carbons (Fsp3) is 0.538. The Bertz CT molecular complexity index is 389. The Morgan fingerprint density at radius 1 is 1.53 bits per heavy atom. The summed E-state index contributed by atoms with van der Waals surface area (Å²) in [5.74, 6) is 0. The Labute approximate surface area is 108 Å². The third-order valence-corrected chi connectivity index (χ3v) is 3.44. The summed E-state index contributed by atoms with van der Waals surface area (Å²) >= 11 is 5.30. The molecule has 0 spiro atoms. The molecule has 1 heterocycles. The fourth-order valence-corrected chi connectivity index (χ4v) is 2.63. The molecular weight excluding hydrogens is 230 g/mol. The highest BCUT2D eigenvalue weighted by molar-refractivity contribution is 7.80. The van der Waals surface area contributed by atoms with Crippen LogP contribution in [0.5, 0.6) is 0 Å². The largest absolute Gasteiger partial charge is 0.360 e. The monoisotopic (exact) mass is 249 g/mol. The normalized spacial score (nSPS) is 22.1. The average Bonchev–Trinajstić information content (AvgIpc) is 2.59. The zero-order chi connectivity index (χ0) is 12.3. The minimum Gasteiger partial charge on any atom is -0.360 e. The molecule has 0 bridgehead atoms. The molecule has 2 rings (SSSR count). The van der Waals surface area contributed by atoms with Gasteiger partial charge in [0.1, 0.15) is 0 Å². The summed E-state index contributed by atoms with van der Waals surface area (Å²) in [7, 11) is 0. The second-order valence-electron chi connectivity index (χ2n) is 5.44. The Morgan fingerprint density at radius 3 is 2.94 bits per heavy atom. The van der Waals surface area contributed by atoms with Gasteiger partial charge in [-0.2, -0.15) is 0 Å². The van der Waals surface area contributed by atoms with Gasteiger partial charge < -0.3 is 10.6 Å². The van der Waals surface area contributed by atoms with E-state index in [0.717, 1.165) is 5.69 Å². The third kappa shape index (κ3) is 3.66. The van der Waals surface area contributed by atoms with Gasteiger partial charge in [0.2, 0.25) is 0 Å².